The normalized spacial score (nSPS) is 11.4. The van der Waals surface area contributed by atoms with E-state index in [-0.39, 0.29) is 0 Å². The van der Waals surface area contributed by atoms with Crippen LogP contribution in [0.2, 0.25) is 0 Å². The maximum absolute atomic E-state index is 4.70. The number of nitrogens with one attached hydrogen (secondary N) is 4. The molecule has 5 rings (SSSR count). The van der Waals surface area contributed by atoms with Crippen molar-refractivity contribution >= 4 is 33.6 Å². The lowest BCUT2D eigenvalue weighted by molar-refractivity contribution is 1.08. The molecule has 0 bridgehead atoms. The molecule has 8 nitrogen and oxygen atoms in total. The summed E-state index contributed by atoms with van der Waals surface area (Å²) in [6.45, 7) is 2.04. The molecular weight excluding hydrogens is 316 g/mol. The van der Waals surface area contributed by atoms with Crippen LogP contribution in [-0.4, -0.2) is 35.1 Å². The van der Waals surface area contributed by atoms with E-state index in [0.717, 1.165) is 44.8 Å². The molecule has 4 heterocycles. The first-order valence-electron chi connectivity index (χ1n) is 7.84. The Hall–Kier alpha value is -3.68. The van der Waals surface area contributed by atoms with Crippen LogP contribution in [0.25, 0.3) is 33.6 Å². The average Bonchev–Trinajstić information content (AvgIpc) is 3.34. The number of nitrogens with zero attached hydrogens (tertiary/aromatic N) is 4. The summed E-state index contributed by atoms with van der Waals surface area (Å²) >= 11 is 0. The molecule has 0 unspecified atom stereocenters. The van der Waals surface area contributed by atoms with Crippen molar-refractivity contribution in [1.82, 2.24) is 35.1 Å². The second kappa shape index (κ2) is 5.17. The Balaban J connectivity index is 1.59. The van der Waals surface area contributed by atoms with Gasteiger partial charge in [-0.15, -0.1) is 0 Å². The molecule has 0 atom stereocenters. The van der Waals surface area contributed by atoms with Gasteiger partial charge in [0.05, 0.1) is 28.3 Å². The summed E-state index contributed by atoms with van der Waals surface area (Å²) in [5, 5.41) is 11.4. The maximum atomic E-state index is 4.70. The van der Waals surface area contributed by atoms with Gasteiger partial charge in [-0.1, -0.05) is 12.1 Å². The van der Waals surface area contributed by atoms with Crippen LogP contribution in [-0.2, 0) is 0 Å². The minimum Gasteiger partial charge on any atom is -0.346 e. The summed E-state index contributed by atoms with van der Waals surface area (Å²) in [6, 6.07) is 8.00. The number of aromatic nitrogens is 7. The van der Waals surface area contributed by atoms with E-state index >= 15 is 0 Å². The zero-order valence-corrected chi connectivity index (χ0v) is 13.3. The number of fused-ring (bicyclic) bond motifs is 2. The SMILES string of the molecule is Cc1cccc2[nH]c(-c3[nH]ncc3Nc3ncnc4[nH]ccc34)nc12. The standard InChI is InChI=1S/C17H14N8/c1-9-3-2-4-11-13(9)24-17(22-11)14-12(7-21-25-14)23-16-10-5-6-18-15(10)19-8-20-16/h2-8H,1H3,(H,21,25)(H,22,24)(H2,18,19,20,23). The lowest BCUT2D eigenvalue weighted by Gasteiger charge is -2.05. The molecule has 122 valence electrons. The van der Waals surface area contributed by atoms with Gasteiger partial charge < -0.3 is 15.3 Å². The lowest BCUT2D eigenvalue weighted by Crippen LogP contribution is -1.96. The number of benzene rings is 1. The van der Waals surface area contributed by atoms with E-state index in [4.69, 9.17) is 4.98 Å². The van der Waals surface area contributed by atoms with E-state index in [9.17, 15) is 0 Å². The van der Waals surface area contributed by atoms with Crippen LogP contribution in [0.4, 0.5) is 11.5 Å². The summed E-state index contributed by atoms with van der Waals surface area (Å²) in [5.41, 5.74) is 5.41. The van der Waals surface area contributed by atoms with Gasteiger partial charge in [-0.2, -0.15) is 5.10 Å². The molecular formula is C17H14N8. The van der Waals surface area contributed by atoms with Gasteiger partial charge >= 0.3 is 0 Å². The summed E-state index contributed by atoms with van der Waals surface area (Å²) in [4.78, 5) is 19.6. The highest BCUT2D eigenvalue weighted by Crippen LogP contribution is 2.29. The first-order valence-corrected chi connectivity index (χ1v) is 7.84. The fourth-order valence-electron chi connectivity index (χ4n) is 2.95. The van der Waals surface area contributed by atoms with Gasteiger partial charge in [-0.05, 0) is 24.6 Å². The van der Waals surface area contributed by atoms with Gasteiger partial charge in [0, 0.05) is 6.20 Å². The van der Waals surface area contributed by atoms with Crippen molar-refractivity contribution in [2.75, 3.05) is 5.32 Å². The molecule has 0 saturated carbocycles. The number of rotatable bonds is 3. The van der Waals surface area contributed by atoms with E-state index in [1.807, 2.05) is 37.4 Å². The first-order chi connectivity index (χ1) is 12.3. The Morgan fingerprint density at radius 2 is 2.08 bits per heavy atom. The smallest absolute Gasteiger partial charge is 0.158 e. The number of hydrogen-bond acceptors (Lipinski definition) is 5. The minimum atomic E-state index is 0.709. The zero-order chi connectivity index (χ0) is 16.8. The molecule has 25 heavy (non-hydrogen) atoms. The van der Waals surface area contributed by atoms with E-state index in [0.29, 0.717) is 5.82 Å². The molecule has 0 aliphatic heterocycles. The molecule has 1 aromatic carbocycles. The van der Waals surface area contributed by atoms with Crippen molar-refractivity contribution in [3.05, 3.63) is 48.5 Å². The summed E-state index contributed by atoms with van der Waals surface area (Å²) < 4.78 is 0. The third kappa shape index (κ3) is 2.15. The molecule has 5 aromatic rings. The van der Waals surface area contributed by atoms with E-state index in [1.165, 1.54) is 6.33 Å². The highest BCUT2D eigenvalue weighted by molar-refractivity contribution is 5.91. The van der Waals surface area contributed by atoms with Crippen LogP contribution in [0, 0.1) is 6.92 Å². The lowest BCUT2D eigenvalue weighted by atomic mass is 10.2. The van der Waals surface area contributed by atoms with E-state index in [2.05, 4.69) is 35.5 Å². The zero-order valence-electron chi connectivity index (χ0n) is 13.3. The monoisotopic (exact) mass is 330 g/mol. The third-order valence-electron chi connectivity index (χ3n) is 4.20. The van der Waals surface area contributed by atoms with Crippen molar-refractivity contribution in [3.63, 3.8) is 0 Å². The first kappa shape index (κ1) is 13.7. The van der Waals surface area contributed by atoms with Crippen LogP contribution in [0.3, 0.4) is 0 Å². The Labute approximate surface area is 141 Å². The Bertz CT molecular complexity index is 1200. The fourth-order valence-corrected chi connectivity index (χ4v) is 2.95. The fraction of sp³-hybridized carbons (Fsp3) is 0.0588. The van der Waals surface area contributed by atoms with Crippen molar-refractivity contribution in [1.29, 1.82) is 0 Å². The molecule has 0 spiro atoms. The van der Waals surface area contributed by atoms with Gasteiger partial charge in [0.15, 0.2) is 5.82 Å². The molecule has 8 heteroatoms. The highest BCUT2D eigenvalue weighted by Gasteiger charge is 2.15. The van der Waals surface area contributed by atoms with Crippen molar-refractivity contribution in [2.45, 2.75) is 6.92 Å². The van der Waals surface area contributed by atoms with Gasteiger partial charge in [-0.3, -0.25) is 5.10 Å². The number of imidazole rings is 1. The van der Waals surface area contributed by atoms with Crippen LogP contribution >= 0.6 is 0 Å². The van der Waals surface area contributed by atoms with Gasteiger partial charge in [0.25, 0.3) is 0 Å². The highest BCUT2D eigenvalue weighted by atomic mass is 15.2. The number of aromatic amines is 3. The number of H-pyrrole nitrogens is 3. The molecule has 0 radical (unpaired) electrons. The Morgan fingerprint density at radius 1 is 1.12 bits per heavy atom. The second-order valence-corrected chi connectivity index (χ2v) is 5.80. The molecule has 0 aliphatic rings. The van der Waals surface area contributed by atoms with Gasteiger partial charge in [0.2, 0.25) is 0 Å². The molecule has 4 aromatic heterocycles. The molecule has 0 aliphatic carbocycles. The van der Waals surface area contributed by atoms with Crippen LogP contribution in [0.5, 0.6) is 0 Å². The van der Waals surface area contributed by atoms with E-state index in [1.54, 1.807) is 6.20 Å². The van der Waals surface area contributed by atoms with Crippen molar-refractivity contribution in [3.8, 4) is 11.5 Å². The Morgan fingerprint density at radius 3 is 3.00 bits per heavy atom. The molecule has 0 amide bonds. The maximum Gasteiger partial charge on any atom is 0.158 e. The predicted octanol–water partition coefficient (Wildman–Crippen LogP) is 3.28. The molecule has 0 fully saturated rings. The number of para-hydroxylation sites is 1. The topological polar surface area (TPSA) is 111 Å². The summed E-state index contributed by atoms with van der Waals surface area (Å²) in [6.07, 6.45) is 5.07. The summed E-state index contributed by atoms with van der Waals surface area (Å²) in [5.74, 6) is 1.44. The average molecular weight is 330 g/mol. The number of aryl methyl sites for hydroxylation is 1. The minimum absolute atomic E-state index is 0.709. The van der Waals surface area contributed by atoms with Crippen LogP contribution in [0.15, 0.2) is 43.0 Å². The van der Waals surface area contributed by atoms with Crippen LogP contribution in [0.1, 0.15) is 5.56 Å². The van der Waals surface area contributed by atoms with Gasteiger partial charge in [-0.25, -0.2) is 15.0 Å². The Kier molecular flexibility index (Phi) is 2.84. The number of hydrogen-bond donors (Lipinski definition) is 4. The van der Waals surface area contributed by atoms with Crippen LogP contribution < -0.4 is 5.32 Å². The molecule has 4 N–H and O–H groups in total. The third-order valence-corrected chi connectivity index (χ3v) is 4.20. The van der Waals surface area contributed by atoms with Crippen molar-refractivity contribution in [2.24, 2.45) is 0 Å². The predicted molar refractivity (Wildman–Crippen MR) is 95.6 cm³/mol. The van der Waals surface area contributed by atoms with Gasteiger partial charge in [0.1, 0.15) is 23.5 Å². The second-order valence-electron chi connectivity index (χ2n) is 5.80. The van der Waals surface area contributed by atoms with E-state index < -0.39 is 0 Å². The van der Waals surface area contributed by atoms with Crippen molar-refractivity contribution < 1.29 is 0 Å². The quantitative estimate of drug-likeness (QED) is 0.406. The summed E-state index contributed by atoms with van der Waals surface area (Å²) in [7, 11) is 0. The number of anilines is 2. The largest absolute Gasteiger partial charge is 0.346 e. The molecule has 0 saturated heterocycles.